The van der Waals surface area contributed by atoms with E-state index in [1.54, 1.807) is 23.1 Å². The van der Waals surface area contributed by atoms with Gasteiger partial charge in [0.15, 0.2) is 0 Å². The molecule has 0 bridgehead atoms. The molecule has 124 valence electrons. The first kappa shape index (κ1) is 15.8. The summed E-state index contributed by atoms with van der Waals surface area (Å²) in [6.45, 7) is 5.74. The van der Waals surface area contributed by atoms with E-state index in [2.05, 4.69) is 0 Å². The van der Waals surface area contributed by atoms with Crippen LogP contribution in [0.5, 0.6) is 0 Å². The van der Waals surface area contributed by atoms with E-state index in [4.69, 9.17) is 0 Å². The predicted octanol–water partition coefficient (Wildman–Crippen LogP) is 1.83. The van der Waals surface area contributed by atoms with Crippen molar-refractivity contribution >= 4 is 17.6 Å². The summed E-state index contributed by atoms with van der Waals surface area (Å²) in [6, 6.07) is 6.61. The van der Waals surface area contributed by atoms with Crippen molar-refractivity contribution < 1.29 is 19.1 Å². The number of rotatable bonds is 3. The average molecular weight is 320 g/mol. The van der Waals surface area contributed by atoms with Gasteiger partial charge in [-0.25, -0.2) is 4.39 Å². The van der Waals surface area contributed by atoms with Crippen molar-refractivity contribution in [2.24, 2.45) is 17.3 Å². The van der Waals surface area contributed by atoms with Gasteiger partial charge in [0.25, 0.3) is 0 Å². The van der Waals surface area contributed by atoms with Crippen LogP contribution in [-0.2, 0) is 9.59 Å². The lowest BCUT2D eigenvalue weighted by atomic mass is 10.1. The number of carbonyl (C=O) groups is 2. The highest BCUT2D eigenvalue weighted by Crippen LogP contribution is 2.59. The first-order valence-electron chi connectivity index (χ1n) is 7.85. The van der Waals surface area contributed by atoms with Crippen molar-refractivity contribution in [2.45, 2.75) is 13.8 Å². The number of hydrogen-bond acceptors (Lipinski definition) is 3. The Balaban J connectivity index is 1.63. The van der Waals surface area contributed by atoms with E-state index >= 15 is 0 Å². The first-order valence-corrected chi connectivity index (χ1v) is 7.85. The van der Waals surface area contributed by atoms with Gasteiger partial charge < -0.3 is 14.9 Å². The van der Waals surface area contributed by atoms with Crippen molar-refractivity contribution in [2.75, 3.05) is 31.1 Å². The van der Waals surface area contributed by atoms with Crippen LogP contribution < -0.4 is 4.90 Å². The van der Waals surface area contributed by atoms with E-state index in [9.17, 15) is 19.1 Å². The monoisotopic (exact) mass is 320 g/mol. The number of para-hydroxylation sites is 1. The third kappa shape index (κ3) is 2.66. The molecule has 0 unspecified atom stereocenters. The van der Waals surface area contributed by atoms with Crippen molar-refractivity contribution in [3.05, 3.63) is 30.1 Å². The first-order chi connectivity index (χ1) is 10.8. The Kier molecular flexibility index (Phi) is 3.78. The smallest absolute Gasteiger partial charge is 0.307 e. The Hall–Kier alpha value is -2.11. The standard InChI is InChI=1S/C17H21FN2O3/c1-17(2)13(14(17)16(22)23)15(21)20-9-7-19(8-10-20)12-6-4-3-5-11(12)18/h3-6,13-14H,7-10H2,1-2H3,(H,22,23)/t13-,14+/m0/s1. The van der Waals surface area contributed by atoms with Gasteiger partial charge in [0, 0.05) is 26.2 Å². The lowest BCUT2D eigenvalue weighted by Crippen LogP contribution is -2.50. The van der Waals surface area contributed by atoms with Crippen molar-refractivity contribution in [3.63, 3.8) is 0 Å². The zero-order valence-corrected chi connectivity index (χ0v) is 13.3. The summed E-state index contributed by atoms with van der Waals surface area (Å²) in [5.41, 5.74) is 0.0701. The molecule has 2 atom stereocenters. The Morgan fingerprint density at radius 2 is 1.74 bits per heavy atom. The fourth-order valence-electron chi connectivity index (χ4n) is 3.63. The number of halogens is 1. The number of benzene rings is 1. The van der Waals surface area contributed by atoms with Crippen LogP contribution in [0.1, 0.15) is 13.8 Å². The second kappa shape index (κ2) is 5.51. The van der Waals surface area contributed by atoms with Crippen LogP contribution >= 0.6 is 0 Å². The van der Waals surface area contributed by atoms with E-state index < -0.39 is 23.2 Å². The molecule has 1 aromatic carbocycles. The molecule has 0 radical (unpaired) electrons. The summed E-state index contributed by atoms with van der Waals surface area (Å²) in [6.07, 6.45) is 0. The van der Waals surface area contributed by atoms with Gasteiger partial charge >= 0.3 is 5.97 Å². The molecule has 23 heavy (non-hydrogen) atoms. The second-order valence-corrected chi connectivity index (χ2v) is 6.88. The van der Waals surface area contributed by atoms with E-state index in [1.807, 2.05) is 18.7 Å². The Morgan fingerprint density at radius 3 is 2.26 bits per heavy atom. The fourth-order valence-corrected chi connectivity index (χ4v) is 3.63. The molecule has 2 aliphatic rings. The normalized spacial score (nSPS) is 26.0. The zero-order chi connectivity index (χ0) is 16.8. The minimum absolute atomic E-state index is 0.0874. The highest BCUT2D eigenvalue weighted by molar-refractivity contribution is 5.91. The molecule has 6 heteroatoms. The van der Waals surface area contributed by atoms with Crippen LogP contribution in [-0.4, -0.2) is 48.1 Å². The minimum atomic E-state index is -0.904. The molecular formula is C17H21FN2O3. The number of piperazine rings is 1. The second-order valence-electron chi connectivity index (χ2n) is 6.88. The van der Waals surface area contributed by atoms with Gasteiger partial charge in [-0.2, -0.15) is 0 Å². The molecule has 1 N–H and O–H groups in total. The fraction of sp³-hybridized carbons (Fsp3) is 0.529. The summed E-state index contributed by atoms with van der Waals surface area (Å²) in [7, 11) is 0. The lowest BCUT2D eigenvalue weighted by molar-refractivity contribution is -0.142. The minimum Gasteiger partial charge on any atom is -0.481 e. The largest absolute Gasteiger partial charge is 0.481 e. The van der Waals surface area contributed by atoms with Gasteiger partial charge in [-0.05, 0) is 17.5 Å². The number of carbonyl (C=O) groups excluding carboxylic acids is 1. The van der Waals surface area contributed by atoms with Gasteiger partial charge in [-0.3, -0.25) is 9.59 Å². The molecule has 1 saturated heterocycles. The Bertz CT molecular complexity index is 638. The van der Waals surface area contributed by atoms with Gasteiger partial charge in [-0.15, -0.1) is 0 Å². The van der Waals surface area contributed by atoms with Crippen LogP contribution in [0.15, 0.2) is 24.3 Å². The number of hydrogen-bond donors (Lipinski definition) is 1. The van der Waals surface area contributed by atoms with Gasteiger partial charge in [0.05, 0.1) is 17.5 Å². The maximum absolute atomic E-state index is 13.8. The van der Waals surface area contributed by atoms with Crippen LogP contribution in [0.2, 0.25) is 0 Å². The maximum atomic E-state index is 13.8. The van der Waals surface area contributed by atoms with E-state index in [0.717, 1.165) is 0 Å². The van der Waals surface area contributed by atoms with Crippen LogP contribution in [0.3, 0.4) is 0 Å². The zero-order valence-electron chi connectivity index (χ0n) is 13.3. The summed E-state index contributed by atoms with van der Waals surface area (Å²) in [5.74, 6) is -2.30. The number of anilines is 1. The molecule has 0 spiro atoms. The molecule has 5 nitrogen and oxygen atoms in total. The van der Waals surface area contributed by atoms with Gasteiger partial charge in [0.2, 0.25) is 5.91 Å². The number of nitrogens with zero attached hydrogens (tertiary/aromatic N) is 2. The van der Waals surface area contributed by atoms with Crippen LogP contribution in [0.25, 0.3) is 0 Å². The molecule has 2 fully saturated rings. The highest BCUT2D eigenvalue weighted by atomic mass is 19.1. The third-order valence-corrected chi connectivity index (χ3v) is 5.14. The van der Waals surface area contributed by atoms with Crippen molar-refractivity contribution in [3.8, 4) is 0 Å². The molecule has 1 aromatic rings. The molecule has 1 saturated carbocycles. The molecular weight excluding hydrogens is 299 g/mol. The highest BCUT2D eigenvalue weighted by Gasteiger charge is 2.66. The summed E-state index contributed by atoms with van der Waals surface area (Å²) >= 11 is 0. The Morgan fingerprint density at radius 1 is 1.13 bits per heavy atom. The molecule has 1 aliphatic heterocycles. The molecule has 1 aliphatic carbocycles. The van der Waals surface area contributed by atoms with Crippen molar-refractivity contribution in [1.82, 2.24) is 4.90 Å². The van der Waals surface area contributed by atoms with Gasteiger partial charge in [-0.1, -0.05) is 26.0 Å². The lowest BCUT2D eigenvalue weighted by Gasteiger charge is -2.36. The van der Waals surface area contributed by atoms with E-state index in [1.165, 1.54) is 6.07 Å². The average Bonchev–Trinajstić information content (AvgIpc) is 3.10. The quantitative estimate of drug-likeness (QED) is 0.923. The van der Waals surface area contributed by atoms with E-state index in [-0.39, 0.29) is 11.7 Å². The maximum Gasteiger partial charge on any atom is 0.307 e. The topological polar surface area (TPSA) is 60.9 Å². The summed E-state index contributed by atoms with van der Waals surface area (Å²) in [5, 5.41) is 9.21. The molecule has 1 amide bonds. The number of amides is 1. The molecule has 3 rings (SSSR count). The SMILES string of the molecule is CC1(C)[C@H](C(=O)N2CCN(c3ccccc3F)CC2)[C@@H]1C(=O)O. The number of carboxylic acid groups (broad SMARTS) is 1. The van der Waals surface area contributed by atoms with E-state index in [0.29, 0.717) is 31.9 Å². The predicted molar refractivity (Wildman–Crippen MR) is 83.6 cm³/mol. The number of carboxylic acids is 1. The van der Waals surface area contributed by atoms with Gasteiger partial charge in [0.1, 0.15) is 5.82 Å². The molecule has 0 aromatic heterocycles. The third-order valence-electron chi connectivity index (χ3n) is 5.14. The number of aliphatic carboxylic acids is 1. The summed E-state index contributed by atoms with van der Waals surface area (Å²) in [4.78, 5) is 27.4. The Labute approximate surface area is 134 Å². The molecule has 1 heterocycles. The van der Waals surface area contributed by atoms with Crippen LogP contribution in [0.4, 0.5) is 10.1 Å². The van der Waals surface area contributed by atoms with Crippen molar-refractivity contribution in [1.29, 1.82) is 0 Å². The van der Waals surface area contributed by atoms with Crippen LogP contribution in [0, 0.1) is 23.1 Å². The summed E-state index contributed by atoms with van der Waals surface area (Å²) < 4.78 is 13.8.